The largest absolute Gasteiger partial charge is 0.481 e. The van der Waals surface area contributed by atoms with E-state index in [1.807, 2.05) is 86.6 Å². The maximum absolute atomic E-state index is 11.9. The number of rotatable bonds is 6. The molecule has 26 heavy (non-hydrogen) atoms. The Kier molecular flexibility index (Phi) is 5.37. The van der Waals surface area contributed by atoms with Gasteiger partial charge in [-0.2, -0.15) is 0 Å². The molecule has 3 nitrogen and oxygen atoms in total. The molecule has 0 radical (unpaired) electrons. The molecule has 1 atom stereocenters. The van der Waals surface area contributed by atoms with Gasteiger partial charge in [0.1, 0.15) is 11.5 Å². The first kappa shape index (κ1) is 17.7. The number of aryl methyl sites for hydroxylation is 2. The number of hydrogen-bond donors (Lipinski definition) is 1. The van der Waals surface area contributed by atoms with Crippen molar-refractivity contribution in [2.24, 2.45) is 0 Å². The second-order valence-corrected chi connectivity index (χ2v) is 6.52. The quantitative estimate of drug-likeness (QED) is 0.640. The SMILES string of the molecule is Cc1ccc(C(Cc2cccc(Oc3ccccc3)c2)C(=O)O)c(C)c1. The smallest absolute Gasteiger partial charge is 0.311 e. The van der Waals surface area contributed by atoms with E-state index in [2.05, 4.69) is 0 Å². The molecule has 3 aromatic carbocycles. The van der Waals surface area contributed by atoms with Crippen LogP contribution < -0.4 is 4.74 Å². The Morgan fingerprint density at radius 3 is 2.35 bits per heavy atom. The van der Waals surface area contributed by atoms with E-state index in [-0.39, 0.29) is 0 Å². The summed E-state index contributed by atoms with van der Waals surface area (Å²) in [7, 11) is 0. The molecular weight excluding hydrogens is 324 g/mol. The molecule has 0 spiro atoms. The molecule has 0 aliphatic rings. The summed E-state index contributed by atoms with van der Waals surface area (Å²) in [6.07, 6.45) is 0.422. The minimum absolute atomic E-state index is 0.422. The monoisotopic (exact) mass is 346 g/mol. The van der Waals surface area contributed by atoms with Gasteiger partial charge in [-0.25, -0.2) is 0 Å². The molecule has 0 heterocycles. The van der Waals surface area contributed by atoms with Gasteiger partial charge in [0.25, 0.3) is 0 Å². The van der Waals surface area contributed by atoms with Gasteiger partial charge in [0.05, 0.1) is 5.92 Å². The number of hydrogen-bond acceptors (Lipinski definition) is 2. The number of ether oxygens (including phenoxy) is 1. The highest BCUT2D eigenvalue weighted by Gasteiger charge is 2.22. The zero-order chi connectivity index (χ0) is 18.5. The summed E-state index contributed by atoms with van der Waals surface area (Å²) in [6.45, 7) is 3.98. The highest BCUT2D eigenvalue weighted by molar-refractivity contribution is 5.77. The standard InChI is InChI=1S/C23H22O3/c1-16-11-12-21(17(2)13-16)22(23(24)25)15-18-7-6-10-20(14-18)26-19-8-4-3-5-9-19/h3-14,22H,15H2,1-2H3,(H,24,25). The first-order valence-corrected chi connectivity index (χ1v) is 8.65. The van der Waals surface area contributed by atoms with Crippen LogP contribution in [0, 0.1) is 13.8 Å². The number of para-hydroxylation sites is 1. The third-order valence-corrected chi connectivity index (χ3v) is 4.42. The number of aliphatic carboxylic acids is 1. The van der Waals surface area contributed by atoms with E-state index >= 15 is 0 Å². The average Bonchev–Trinajstić information content (AvgIpc) is 2.61. The van der Waals surface area contributed by atoms with Crippen LogP contribution in [0.15, 0.2) is 72.8 Å². The maximum Gasteiger partial charge on any atom is 0.311 e. The molecule has 0 saturated heterocycles. The van der Waals surface area contributed by atoms with Gasteiger partial charge in [0, 0.05) is 0 Å². The average molecular weight is 346 g/mol. The second kappa shape index (κ2) is 7.87. The Bertz CT molecular complexity index is 900. The van der Waals surface area contributed by atoms with Crippen molar-refractivity contribution in [2.75, 3.05) is 0 Å². The molecule has 0 aliphatic heterocycles. The normalized spacial score (nSPS) is 11.8. The summed E-state index contributed by atoms with van der Waals surface area (Å²) in [6, 6.07) is 23.1. The molecule has 0 amide bonds. The van der Waals surface area contributed by atoms with Gasteiger partial charge in [0.15, 0.2) is 0 Å². The van der Waals surface area contributed by atoms with Crippen molar-refractivity contribution >= 4 is 5.97 Å². The summed E-state index contributed by atoms with van der Waals surface area (Å²) in [4.78, 5) is 11.9. The summed E-state index contributed by atoms with van der Waals surface area (Å²) in [5, 5.41) is 9.76. The fourth-order valence-electron chi connectivity index (χ4n) is 3.14. The fourth-order valence-corrected chi connectivity index (χ4v) is 3.14. The molecule has 132 valence electrons. The van der Waals surface area contributed by atoms with E-state index < -0.39 is 11.9 Å². The van der Waals surface area contributed by atoms with Crippen LogP contribution in [0.3, 0.4) is 0 Å². The van der Waals surface area contributed by atoms with Crippen molar-refractivity contribution in [1.82, 2.24) is 0 Å². The second-order valence-electron chi connectivity index (χ2n) is 6.52. The molecule has 0 aromatic heterocycles. The minimum atomic E-state index is -0.814. The van der Waals surface area contributed by atoms with Crippen molar-refractivity contribution in [1.29, 1.82) is 0 Å². The summed E-state index contributed by atoms with van der Waals surface area (Å²) in [5.74, 6) is 0.0705. The minimum Gasteiger partial charge on any atom is -0.481 e. The van der Waals surface area contributed by atoms with Crippen molar-refractivity contribution in [2.45, 2.75) is 26.2 Å². The van der Waals surface area contributed by atoms with Crippen LogP contribution in [0.25, 0.3) is 0 Å². The van der Waals surface area contributed by atoms with Crippen LogP contribution in [-0.4, -0.2) is 11.1 Å². The summed E-state index contributed by atoms with van der Waals surface area (Å²) in [5.41, 5.74) is 3.94. The van der Waals surface area contributed by atoms with Crippen molar-refractivity contribution < 1.29 is 14.6 Å². The number of benzene rings is 3. The van der Waals surface area contributed by atoms with Gasteiger partial charge in [-0.1, -0.05) is 54.1 Å². The van der Waals surface area contributed by atoms with Crippen LogP contribution in [0.5, 0.6) is 11.5 Å². The Labute approximate surface area is 153 Å². The molecule has 1 unspecified atom stereocenters. The number of carboxylic acids is 1. The van der Waals surface area contributed by atoms with Gasteiger partial charge in [-0.3, -0.25) is 4.79 Å². The lowest BCUT2D eigenvalue weighted by molar-refractivity contribution is -0.138. The molecule has 3 rings (SSSR count). The highest BCUT2D eigenvalue weighted by Crippen LogP contribution is 2.28. The molecule has 0 saturated carbocycles. The molecule has 1 N–H and O–H groups in total. The van der Waals surface area contributed by atoms with E-state index in [0.29, 0.717) is 12.2 Å². The van der Waals surface area contributed by atoms with Crippen molar-refractivity contribution in [3.63, 3.8) is 0 Å². The molecule has 0 bridgehead atoms. The van der Waals surface area contributed by atoms with Crippen LogP contribution >= 0.6 is 0 Å². The number of carbonyl (C=O) groups is 1. The molecule has 0 aliphatic carbocycles. The van der Waals surface area contributed by atoms with Gasteiger partial charge in [-0.15, -0.1) is 0 Å². The third kappa shape index (κ3) is 4.31. The Balaban J connectivity index is 1.83. The first-order valence-electron chi connectivity index (χ1n) is 8.65. The van der Waals surface area contributed by atoms with Crippen LogP contribution in [0.2, 0.25) is 0 Å². The van der Waals surface area contributed by atoms with Crippen molar-refractivity contribution in [3.05, 3.63) is 95.1 Å². The van der Waals surface area contributed by atoms with Gasteiger partial charge in [-0.05, 0) is 61.2 Å². The zero-order valence-electron chi connectivity index (χ0n) is 15.0. The van der Waals surface area contributed by atoms with Crippen LogP contribution in [-0.2, 0) is 11.2 Å². The molecular formula is C23H22O3. The lowest BCUT2D eigenvalue weighted by Crippen LogP contribution is -2.15. The maximum atomic E-state index is 11.9. The third-order valence-electron chi connectivity index (χ3n) is 4.42. The van der Waals surface area contributed by atoms with E-state index in [9.17, 15) is 9.90 Å². The first-order chi connectivity index (χ1) is 12.5. The topological polar surface area (TPSA) is 46.5 Å². The zero-order valence-corrected chi connectivity index (χ0v) is 15.0. The van der Waals surface area contributed by atoms with Gasteiger partial charge < -0.3 is 9.84 Å². The Morgan fingerprint density at radius 1 is 0.923 bits per heavy atom. The predicted molar refractivity (Wildman–Crippen MR) is 103 cm³/mol. The van der Waals surface area contributed by atoms with Crippen LogP contribution in [0.1, 0.15) is 28.2 Å². The van der Waals surface area contributed by atoms with E-state index in [1.54, 1.807) is 0 Å². The van der Waals surface area contributed by atoms with Gasteiger partial charge in [0.2, 0.25) is 0 Å². The van der Waals surface area contributed by atoms with Gasteiger partial charge >= 0.3 is 5.97 Å². The Morgan fingerprint density at radius 2 is 1.65 bits per heavy atom. The summed E-state index contributed by atoms with van der Waals surface area (Å²) < 4.78 is 5.86. The predicted octanol–water partition coefficient (Wildman–Crippen LogP) is 5.51. The van der Waals surface area contributed by atoms with Crippen molar-refractivity contribution in [3.8, 4) is 11.5 Å². The lowest BCUT2D eigenvalue weighted by Gasteiger charge is -2.16. The highest BCUT2D eigenvalue weighted by atomic mass is 16.5. The molecule has 3 aromatic rings. The van der Waals surface area contributed by atoms with E-state index in [4.69, 9.17) is 4.74 Å². The molecule has 0 fully saturated rings. The van der Waals surface area contributed by atoms with Crippen LogP contribution in [0.4, 0.5) is 0 Å². The van der Waals surface area contributed by atoms with E-state index in [0.717, 1.165) is 28.0 Å². The Hall–Kier alpha value is -3.07. The molecule has 3 heteroatoms. The summed E-state index contributed by atoms with van der Waals surface area (Å²) >= 11 is 0. The fraction of sp³-hybridized carbons (Fsp3) is 0.174. The van der Waals surface area contributed by atoms with E-state index in [1.165, 1.54) is 0 Å². The lowest BCUT2D eigenvalue weighted by atomic mass is 9.88. The number of carboxylic acid groups (broad SMARTS) is 1.